The van der Waals surface area contributed by atoms with E-state index in [1.807, 2.05) is 27.7 Å². The Bertz CT molecular complexity index is 559. The first kappa shape index (κ1) is 16.4. The SMILES string of the molecule is Cc1cc(COCc2cc(C)c(Cl)c(C)c2)cc(C)c1Cl. The molecular formula is C18H20Cl2O. The van der Waals surface area contributed by atoms with Gasteiger partial charge in [0.15, 0.2) is 0 Å². The summed E-state index contributed by atoms with van der Waals surface area (Å²) in [6.07, 6.45) is 0. The van der Waals surface area contributed by atoms with Crippen molar-refractivity contribution in [3.63, 3.8) is 0 Å². The lowest BCUT2D eigenvalue weighted by molar-refractivity contribution is 0.107. The van der Waals surface area contributed by atoms with Crippen LogP contribution >= 0.6 is 23.2 Å². The summed E-state index contributed by atoms with van der Waals surface area (Å²) in [5.74, 6) is 0. The summed E-state index contributed by atoms with van der Waals surface area (Å²) in [6.45, 7) is 9.24. The van der Waals surface area contributed by atoms with Crippen LogP contribution in [0.2, 0.25) is 10.0 Å². The standard InChI is InChI=1S/C18H20Cl2O/c1-11-5-15(6-12(2)17(11)19)9-21-10-16-7-13(3)18(20)14(4)8-16/h5-8H,9-10H2,1-4H3. The number of hydrogen-bond donors (Lipinski definition) is 0. The van der Waals surface area contributed by atoms with E-state index in [0.29, 0.717) is 13.2 Å². The van der Waals surface area contributed by atoms with Crippen LogP contribution < -0.4 is 0 Å². The predicted octanol–water partition coefficient (Wildman–Crippen LogP) is 5.94. The van der Waals surface area contributed by atoms with Crippen molar-refractivity contribution in [2.45, 2.75) is 40.9 Å². The van der Waals surface area contributed by atoms with E-state index in [2.05, 4.69) is 24.3 Å². The quantitative estimate of drug-likeness (QED) is 0.676. The van der Waals surface area contributed by atoms with Crippen LogP contribution in [0.3, 0.4) is 0 Å². The normalized spacial score (nSPS) is 11.0. The van der Waals surface area contributed by atoms with Gasteiger partial charge in [-0.05, 0) is 61.1 Å². The van der Waals surface area contributed by atoms with Crippen molar-refractivity contribution in [2.24, 2.45) is 0 Å². The maximum absolute atomic E-state index is 6.18. The van der Waals surface area contributed by atoms with Crippen LogP contribution in [0.25, 0.3) is 0 Å². The molecule has 2 aromatic rings. The zero-order valence-corrected chi connectivity index (χ0v) is 14.4. The topological polar surface area (TPSA) is 9.23 Å². The summed E-state index contributed by atoms with van der Waals surface area (Å²) in [7, 11) is 0. The monoisotopic (exact) mass is 322 g/mol. The highest BCUT2D eigenvalue weighted by molar-refractivity contribution is 6.32. The fourth-order valence-corrected chi connectivity index (χ4v) is 2.74. The molecule has 0 heterocycles. The minimum atomic E-state index is 0.583. The van der Waals surface area contributed by atoms with E-state index in [1.54, 1.807) is 0 Å². The van der Waals surface area contributed by atoms with E-state index in [1.165, 1.54) is 0 Å². The van der Waals surface area contributed by atoms with Crippen molar-refractivity contribution in [1.82, 2.24) is 0 Å². The summed E-state index contributed by atoms with van der Waals surface area (Å²) in [6, 6.07) is 8.31. The highest BCUT2D eigenvalue weighted by Crippen LogP contribution is 2.24. The van der Waals surface area contributed by atoms with Crippen molar-refractivity contribution < 1.29 is 4.74 Å². The molecule has 0 N–H and O–H groups in total. The van der Waals surface area contributed by atoms with E-state index >= 15 is 0 Å². The van der Waals surface area contributed by atoms with Gasteiger partial charge >= 0.3 is 0 Å². The maximum Gasteiger partial charge on any atom is 0.0721 e. The third-order valence-corrected chi connectivity index (χ3v) is 4.72. The van der Waals surface area contributed by atoms with E-state index < -0.39 is 0 Å². The molecular weight excluding hydrogens is 303 g/mol. The smallest absolute Gasteiger partial charge is 0.0721 e. The Morgan fingerprint density at radius 1 is 0.667 bits per heavy atom. The second-order valence-corrected chi connectivity index (χ2v) is 6.34. The minimum Gasteiger partial charge on any atom is -0.372 e. The number of rotatable bonds is 4. The summed E-state index contributed by atoms with van der Waals surface area (Å²) >= 11 is 12.4. The van der Waals surface area contributed by atoms with E-state index in [-0.39, 0.29) is 0 Å². The van der Waals surface area contributed by atoms with Gasteiger partial charge < -0.3 is 4.74 Å². The van der Waals surface area contributed by atoms with Crippen molar-refractivity contribution in [3.05, 3.63) is 67.7 Å². The second-order valence-electron chi connectivity index (χ2n) is 5.58. The van der Waals surface area contributed by atoms with Gasteiger partial charge in [-0.1, -0.05) is 47.5 Å². The fourth-order valence-electron chi connectivity index (χ4n) is 2.52. The Labute approximate surface area is 136 Å². The molecule has 0 fully saturated rings. The summed E-state index contributed by atoms with van der Waals surface area (Å²) in [5.41, 5.74) is 6.66. The van der Waals surface area contributed by atoms with Crippen molar-refractivity contribution >= 4 is 23.2 Å². The fraction of sp³-hybridized carbons (Fsp3) is 0.333. The van der Waals surface area contributed by atoms with Crippen LogP contribution in [0.1, 0.15) is 33.4 Å². The molecule has 0 aliphatic carbocycles. The minimum absolute atomic E-state index is 0.583. The molecule has 112 valence electrons. The number of hydrogen-bond acceptors (Lipinski definition) is 1. The largest absolute Gasteiger partial charge is 0.372 e. The molecule has 3 heteroatoms. The van der Waals surface area contributed by atoms with E-state index in [0.717, 1.165) is 43.4 Å². The van der Waals surface area contributed by atoms with Gasteiger partial charge in [-0.3, -0.25) is 0 Å². The molecule has 0 bridgehead atoms. The van der Waals surface area contributed by atoms with Crippen LogP contribution in [0.4, 0.5) is 0 Å². The molecule has 0 radical (unpaired) electrons. The van der Waals surface area contributed by atoms with Crippen LogP contribution in [0, 0.1) is 27.7 Å². The van der Waals surface area contributed by atoms with Crippen molar-refractivity contribution in [2.75, 3.05) is 0 Å². The molecule has 0 aliphatic heterocycles. The van der Waals surface area contributed by atoms with Crippen LogP contribution in [0.15, 0.2) is 24.3 Å². The van der Waals surface area contributed by atoms with Gasteiger partial charge in [0, 0.05) is 10.0 Å². The van der Waals surface area contributed by atoms with E-state index in [4.69, 9.17) is 27.9 Å². The molecule has 0 aromatic heterocycles. The molecule has 0 saturated heterocycles. The van der Waals surface area contributed by atoms with E-state index in [9.17, 15) is 0 Å². The lowest BCUT2D eigenvalue weighted by Crippen LogP contribution is -1.97. The van der Waals surface area contributed by atoms with Gasteiger partial charge in [-0.15, -0.1) is 0 Å². The molecule has 0 atom stereocenters. The average Bonchev–Trinajstić information content (AvgIpc) is 2.42. The second kappa shape index (κ2) is 6.83. The lowest BCUT2D eigenvalue weighted by atomic mass is 10.1. The number of ether oxygens (including phenoxy) is 1. The summed E-state index contributed by atoms with van der Waals surface area (Å²) in [5, 5.41) is 1.67. The lowest BCUT2D eigenvalue weighted by Gasteiger charge is -2.10. The molecule has 0 spiro atoms. The maximum atomic E-state index is 6.18. The van der Waals surface area contributed by atoms with Gasteiger partial charge in [0.25, 0.3) is 0 Å². The van der Waals surface area contributed by atoms with Crippen LogP contribution in [-0.4, -0.2) is 0 Å². The summed E-state index contributed by atoms with van der Waals surface area (Å²) < 4.78 is 5.82. The third kappa shape index (κ3) is 4.00. The van der Waals surface area contributed by atoms with Gasteiger partial charge in [-0.25, -0.2) is 0 Å². The number of aryl methyl sites for hydroxylation is 4. The number of halogens is 2. The first-order chi connectivity index (χ1) is 9.88. The molecule has 1 nitrogen and oxygen atoms in total. The zero-order valence-electron chi connectivity index (χ0n) is 12.9. The highest BCUT2D eigenvalue weighted by Gasteiger charge is 2.05. The Morgan fingerprint density at radius 3 is 1.24 bits per heavy atom. The first-order valence-corrected chi connectivity index (χ1v) is 7.73. The molecule has 0 unspecified atom stereocenters. The van der Waals surface area contributed by atoms with Gasteiger partial charge in [0.1, 0.15) is 0 Å². The molecule has 0 aliphatic rings. The van der Waals surface area contributed by atoms with Gasteiger partial charge in [0.2, 0.25) is 0 Å². The number of benzene rings is 2. The Kier molecular flexibility index (Phi) is 5.32. The van der Waals surface area contributed by atoms with Gasteiger partial charge in [-0.2, -0.15) is 0 Å². The Hall–Kier alpha value is -1.02. The Balaban J connectivity index is 2.02. The molecule has 0 amide bonds. The van der Waals surface area contributed by atoms with Gasteiger partial charge in [0.05, 0.1) is 13.2 Å². The van der Waals surface area contributed by atoms with Crippen LogP contribution in [-0.2, 0) is 18.0 Å². The highest BCUT2D eigenvalue weighted by atomic mass is 35.5. The predicted molar refractivity (Wildman–Crippen MR) is 90.3 cm³/mol. The molecule has 2 rings (SSSR count). The summed E-state index contributed by atoms with van der Waals surface area (Å²) in [4.78, 5) is 0. The molecule has 2 aromatic carbocycles. The third-order valence-electron chi connectivity index (χ3n) is 3.53. The average molecular weight is 323 g/mol. The molecule has 0 saturated carbocycles. The van der Waals surface area contributed by atoms with Crippen molar-refractivity contribution in [3.8, 4) is 0 Å². The molecule has 21 heavy (non-hydrogen) atoms. The zero-order chi connectivity index (χ0) is 15.6. The van der Waals surface area contributed by atoms with Crippen molar-refractivity contribution in [1.29, 1.82) is 0 Å². The Morgan fingerprint density at radius 2 is 0.952 bits per heavy atom. The first-order valence-electron chi connectivity index (χ1n) is 6.97. The van der Waals surface area contributed by atoms with Crippen LogP contribution in [0.5, 0.6) is 0 Å².